The lowest BCUT2D eigenvalue weighted by atomic mass is 10.2. The van der Waals surface area contributed by atoms with Crippen LogP contribution in [0.15, 0.2) is 16.6 Å². The molecule has 2 rings (SSSR count). The molecule has 0 bridgehead atoms. The van der Waals surface area contributed by atoms with E-state index >= 15 is 0 Å². The van der Waals surface area contributed by atoms with E-state index in [1.165, 1.54) is 0 Å². The maximum atomic E-state index is 8.69. The number of fused-ring (bicyclic) bond motifs is 1. The maximum Gasteiger partial charge on any atom is 0.201 e. The quantitative estimate of drug-likeness (QED) is 0.788. The third kappa shape index (κ3) is 1.41. The highest BCUT2D eigenvalue weighted by atomic mass is 79.9. The fraction of sp³-hybridized carbons (Fsp3) is 0. The van der Waals surface area contributed by atoms with Gasteiger partial charge in [0.2, 0.25) is 5.28 Å². The van der Waals surface area contributed by atoms with E-state index in [1.807, 2.05) is 6.07 Å². The van der Waals surface area contributed by atoms with Crippen molar-refractivity contribution in [2.75, 3.05) is 0 Å². The van der Waals surface area contributed by atoms with Crippen molar-refractivity contribution in [2.45, 2.75) is 0 Å². The summed E-state index contributed by atoms with van der Waals surface area (Å²) < 4.78 is 0.768. The van der Waals surface area contributed by atoms with Crippen LogP contribution >= 0.6 is 27.5 Å². The number of benzene rings is 1. The first-order valence-electron chi connectivity index (χ1n) is 3.45. The molecule has 1 aromatic carbocycles. The van der Waals surface area contributed by atoms with Gasteiger partial charge < -0.3 is 4.98 Å². The lowest BCUT2D eigenvalue weighted by Crippen LogP contribution is -1.77. The van der Waals surface area contributed by atoms with Crippen molar-refractivity contribution in [3.63, 3.8) is 0 Å². The van der Waals surface area contributed by atoms with Crippen LogP contribution in [0.5, 0.6) is 0 Å². The predicted molar refractivity (Wildman–Crippen MR) is 53.5 cm³/mol. The molecule has 1 aromatic heterocycles. The summed E-state index contributed by atoms with van der Waals surface area (Å²) in [6, 6.07) is 5.46. The zero-order valence-corrected chi connectivity index (χ0v) is 8.65. The number of hydrogen-bond acceptors (Lipinski definition) is 2. The number of halogens is 2. The molecule has 0 saturated carbocycles. The first kappa shape index (κ1) is 8.54. The standard InChI is InChI=1S/C8H3BrClN3/c9-5-1-4(3-11)2-6-7(5)13-8(10)12-6/h1-2H,(H,12,13). The molecule has 0 radical (unpaired) electrons. The van der Waals surface area contributed by atoms with Crippen molar-refractivity contribution in [3.8, 4) is 6.07 Å². The zero-order chi connectivity index (χ0) is 9.42. The van der Waals surface area contributed by atoms with E-state index in [0.717, 1.165) is 15.5 Å². The Morgan fingerprint density at radius 1 is 1.54 bits per heavy atom. The molecule has 5 heteroatoms. The second-order valence-electron chi connectivity index (χ2n) is 2.49. The van der Waals surface area contributed by atoms with Crippen LogP contribution in [0.25, 0.3) is 11.0 Å². The summed E-state index contributed by atoms with van der Waals surface area (Å²) in [4.78, 5) is 6.89. The normalized spacial score (nSPS) is 10.2. The molecule has 0 fully saturated rings. The maximum absolute atomic E-state index is 8.69. The van der Waals surface area contributed by atoms with Crippen LogP contribution in [0.3, 0.4) is 0 Å². The van der Waals surface area contributed by atoms with Crippen LogP contribution in [-0.4, -0.2) is 9.97 Å². The van der Waals surface area contributed by atoms with Crippen molar-refractivity contribution < 1.29 is 0 Å². The Kier molecular flexibility index (Phi) is 1.98. The van der Waals surface area contributed by atoms with Crippen LogP contribution in [0.2, 0.25) is 5.28 Å². The third-order valence-electron chi connectivity index (χ3n) is 1.64. The Labute approximate surface area is 87.5 Å². The largest absolute Gasteiger partial charge is 0.329 e. The van der Waals surface area contributed by atoms with Crippen LogP contribution in [0.1, 0.15) is 5.56 Å². The van der Waals surface area contributed by atoms with E-state index in [1.54, 1.807) is 12.1 Å². The molecule has 0 atom stereocenters. The molecule has 64 valence electrons. The monoisotopic (exact) mass is 255 g/mol. The number of H-pyrrole nitrogens is 1. The van der Waals surface area contributed by atoms with Gasteiger partial charge in [0, 0.05) is 4.47 Å². The summed E-state index contributed by atoms with van der Waals surface area (Å²) in [5, 5.41) is 9.01. The van der Waals surface area contributed by atoms with E-state index in [-0.39, 0.29) is 0 Å². The van der Waals surface area contributed by atoms with Gasteiger partial charge in [0.15, 0.2) is 0 Å². The second-order valence-corrected chi connectivity index (χ2v) is 3.71. The Hall–Kier alpha value is -1.05. The van der Waals surface area contributed by atoms with E-state index in [2.05, 4.69) is 25.9 Å². The van der Waals surface area contributed by atoms with Crippen molar-refractivity contribution in [1.29, 1.82) is 5.26 Å². The number of nitriles is 1. The van der Waals surface area contributed by atoms with Gasteiger partial charge in [-0.2, -0.15) is 5.26 Å². The van der Waals surface area contributed by atoms with Crippen molar-refractivity contribution in [1.82, 2.24) is 9.97 Å². The van der Waals surface area contributed by atoms with Gasteiger partial charge in [-0.25, -0.2) is 4.98 Å². The molecule has 0 aliphatic rings. The molecule has 0 unspecified atom stereocenters. The molecule has 0 amide bonds. The van der Waals surface area contributed by atoms with Crippen molar-refractivity contribution in [2.24, 2.45) is 0 Å². The number of rotatable bonds is 0. The Bertz CT molecular complexity index is 512. The molecular weight excluding hydrogens is 253 g/mol. The van der Waals surface area contributed by atoms with Crippen LogP contribution in [0.4, 0.5) is 0 Å². The van der Waals surface area contributed by atoms with Gasteiger partial charge in [0.05, 0.1) is 17.1 Å². The molecule has 0 saturated heterocycles. The van der Waals surface area contributed by atoms with E-state index < -0.39 is 0 Å². The zero-order valence-electron chi connectivity index (χ0n) is 6.31. The van der Waals surface area contributed by atoms with Gasteiger partial charge >= 0.3 is 0 Å². The Balaban J connectivity index is 2.85. The lowest BCUT2D eigenvalue weighted by molar-refractivity contribution is 1.34. The number of nitrogens with one attached hydrogen (secondary N) is 1. The molecule has 0 spiro atoms. The van der Waals surface area contributed by atoms with Gasteiger partial charge in [-0.05, 0) is 39.7 Å². The summed E-state index contributed by atoms with van der Waals surface area (Å²) in [6.45, 7) is 0. The molecular formula is C8H3BrClN3. The van der Waals surface area contributed by atoms with Crippen molar-refractivity contribution in [3.05, 3.63) is 27.5 Å². The second kappa shape index (κ2) is 3.02. The lowest BCUT2D eigenvalue weighted by Gasteiger charge is -1.92. The summed E-state index contributed by atoms with van der Waals surface area (Å²) >= 11 is 8.99. The van der Waals surface area contributed by atoms with Crippen LogP contribution < -0.4 is 0 Å². The predicted octanol–water partition coefficient (Wildman–Crippen LogP) is 2.85. The third-order valence-corrected chi connectivity index (χ3v) is 2.42. The van der Waals surface area contributed by atoms with Gasteiger partial charge in [0.25, 0.3) is 0 Å². The molecule has 2 aromatic rings. The van der Waals surface area contributed by atoms with Gasteiger partial charge in [-0.1, -0.05) is 0 Å². The van der Waals surface area contributed by atoms with E-state index in [9.17, 15) is 0 Å². The average molecular weight is 256 g/mol. The Morgan fingerprint density at radius 2 is 2.31 bits per heavy atom. The average Bonchev–Trinajstić information content (AvgIpc) is 2.46. The van der Waals surface area contributed by atoms with E-state index in [0.29, 0.717) is 10.8 Å². The highest BCUT2D eigenvalue weighted by Gasteiger charge is 2.06. The fourth-order valence-corrected chi connectivity index (χ4v) is 1.84. The summed E-state index contributed by atoms with van der Waals surface area (Å²) in [5.74, 6) is 0. The molecule has 0 aliphatic carbocycles. The van der Waals surface area contributed by atoms with Gasteiger partial charge in [-0.15, -0.1) is 0 Å². The molecule has 0 aliphatic heterocycles. The minimum atomic E-state index is 0.325. The smallest absolute Gasteiger partial charge is 0.201 e. The highest BCUT2D eigenvalue weighted by molar-refractivity contribution is 9.10. The number of hydrogen-bond donors (Lipinski definition) is 1. The number of nitrogens with zero attached hydrogens (tertiary/aromatic N) is 2. The van der Waals surface area contributed by atoms with Gasteiger partial charge in [-0.3, -0.25) is 0 Å². The first-order chi connectivity index (χ1) is 6.20. The Morgan fingerprint density at radius 3 is 3.00 bits per heavy atom. The molecule has 3 nitrogen and oxygen atoms in total. The number of aromatic nitrogens is 2. The summed E-state index contributed by atoms with van der Waals surface area (Å²) in [7, 11) is 0. The van der Waals surface area contributed by atoms with Crippen LogP contribution in [0, 0.1) is 11.3 Å². The number of aromatic amines is 1. The van der Waals surface area contributed by atoms with Gasteiger partial charge in [0.1, 0.15) is 5.52 Å². The van der Waals surface area contributed by atoms with E-state index in [4.69, 9.17) is 16.9 Å². The summed E-state index contributed by atoms with van der Waals surface area (Å²) in [5.41, 5.74) is 2.07. The topological polar surface area (TPSA) is 52.5 Å². The van der Waals surface area contributed by atoms with Crippen LogP contribution in [-0.2, 0) is 0 Å². The fourth-order valence-electron chi connectivity index (χ4n) is 1.11. The minimum absolute atomic E-state index is 0.325. The first-order valence-corrected chi connectivity index (χ1v) is 4.62. The molecule has 13 heavy (non-hydrogen) atoms. The summed E-state index contributed by atoms with van der Waals surface area (Å²) in [6.07, 6.45) is 0. The molecule has 1 N–H and O–H groups in total. The SMILES string of the molecule is N#Cc1cc(Br)c2nc(Cl)[nH]c2c1. The molecule has 1 heterocycles. The minimum Gasteiger partial charge on any atom is -0.329 e. The highest BCUT2D eigenvalue weighted by Crippen LogP contribution is 2.24. The van der Waals surface area contributed by atoms with Crippen molar-refractivity contribution >= 4 is 38.6 Å². The number of imidazole rings is 1.